The van der Waals surface area contributed by atoms with Crippen molar-refractivity contribution in [2.45, 2.75) is 52.4 Å². The van der Waals surface area contributed by atoms with Crippen molar-refractivity contribution < 1.29 is 9.59 Å². The predicted molar refractivity (Wildman–Crippen MR) is 121 cm³/mol. The number of pyridine rings is 1. The summed E-state index contributed by atoms with van der Waals surface area (Å²) in [6.07, 6.45) is 4.85. The van der Waals surface area contributed by atoms with Crippen LogP contribution in [-0.4, -0.2) is 54.6 Å². The van der Waals surface area contributed by atoms with E-state index in [9.17, 15) is 9.59 Å². The zero-order chi connectivity index (χ0) is 21.8. The lowest BCUT2D eigenvalue weighted by Crippen LogP contribution is -2.34. The summed E-state index contributed by atoms with van der Waals surface area (Å²) >= 11 is 0. The number of unbranched alkanes of at least 4 members (excludes halogenated alkanes) is 1. The molecule has 0 saturated heterocycles. The Morgan fingerprint density at radius 3 is 2.73 bits per heavy atom. The average Bonchev–Trinajstić information content (AvgIpc) is 2.77. The number of hydrogen-bond donors (Lipinski definition) is 1. The maximum absolute atomic E-state index is 12.0. The first-order chi connectivity index (χ1) is 14.6. The molecule has 2 aromatic rings. The number of fused-ring (bicyclic) bond motifs is 1. The van der Waals surface area contributed by atoms with Gasteiger partial charge in [0.2, 0.25) is 12.0 Å². The minimum Gasteiger partial charge on any atom is -0.355 e. The van der Waals surface area contributed by atoms with Crippen LogP contribution in [0.3, 0.4) is 0 Å². The van der Waals surface area contributed by atoms with E-state index in [1.807, 2.05) is 19.1 Å². The van der Waals surface area contributed by atoms with Gasteiger partial charge in [0.1, 0.15) is 0 Å². The molecule has 1 unspecified atom stereocenters. The normalized spacial score (nSPS) is 12.0. The Morgan fingerprint density at radius 2 is 2.00 bits per heavy atom. The Balaban J connectivity index is 1.77. The highest BCUT2D eigenvalue weighted by Gasteiger charge is 2.07. The summed E-state index contributed by atoms with van der Waals surface area (Å²) < 4.78 is 0. The standard InChI is InChI=1S/C24H34N4O2/c1-4-28(5-2)15-14-26-24(30)9-7-6-8-22-12-10-21-16-20(11-13-23(21)27-22)19(3)17-25-18-29/h10-13,16,19H,4-9,14-15,17H2,1-3H3,(H,26,30). The van der Waals surface area contributed by atoms with E-state index >= 15 is 0 Å². The van der Waals surface area contributed by atoms with Crippen molar-refractivity contribution in [2.75, 3.05) is 32.7 Å². The van der Waals surface area contributed by atoms with E-state index in [0.717, 1.165) is 67.6 Å². The van der Waals surface area contributed by atoms with E-state index < -0.39 is 0 Å². The molecule has 1 heterocycles. The highest BCUT2D eigenvalue weighted by Crippen LogP contribution is 2.21. The molecule has 1 aromatic heterocycles. The number of nitrogens with one attached hydrogen (secondary N) is 1. The number of isocyanates is 1. The molecule has 0 saturated carbocycles. The maximum atomic E-state index is 12.0. The van der Waals surface area contributed by atoms with E-state index in [1.165, 1.54) is 0 Å². The first-order valence-corrected chi connectivity index (χ1v) is 11.0. The van der Waals surface area contributed by atoms with Gasteiger partial charge < -0.3 is 10.2 Å². The second kappa shape index (κ2) is 12.9. The molecular formula is C24H34N4O2. The molecule has 30 heavy (non-hydrogen) atoms. The molecule has 2 rings (SSSR count). The lowest BCUT2D eigenvalue weighted by atomic mass is 9.99. The van der Waals surface area contributed by atoms with Gasteiger partial charge in [0, 0.05) is 36.5 Å². The number of benzene rings is 1. The van der Waals surface area contributed by atoms with Gasteiger partial charge in [-0.15, -0.1) is 0 Å². The van der Waals surface area contributed by atoms with Crippen molar-refractivity contribution in [2.24, 2.45) is 4.99 Å². The van der Waals surface area contributed by atoms with E-state index in [4.69, 9.17) is 4.98 Å². The fourth-order valence-corrected chi connectivity index (χ4v) is 3.48. The number of rotatable bonds is 13. The Kier molecular flexibility index (Phi) is 10.2. The van der Waals surface area contributed by atoms with Gasteiger partial charge >= 0.3 is 0 Å². The molecule has 1 aromatic carbocycles. The molecule has 0 aliphatic rings. The summed E-state index contributed by atoms with van der Waals surface area (Å²) in [6, 6.07) is 10.3. The third-order valence-electron chi connectivity index (χ3n) is 5.50. The minimum atomic E-state index is 0.134. The minimum absolute atomic E-state index is 0.134. The van der Waals surface area contributed by atoms with Crippen molar-refractivity contribution in [1.82, 2.24) is 15.2 Å². The van der Waals surface area contributed by atoms with Crippen LogP contribution in [0.2, 0.25) is 0 Å². The number of carbonyl (C=O) groups excluding carboxylic acids is 2. The quantitative estimate of drug-likeness (QED) is 0.309. The summed E-state index contributed by atoms with van der Waals surface area (Å²) in [5.41, 5.74) is 3.16. The van der Waals surface area contributed by atoms with Crippen LogP contribution in [0.25, 0.3) is 10.9 Å². The molecule has 6 nitrogen and oxygen atoms in total. The number of aryl methyl sites for hydroxylation is 1. The van der Waals surface area contributed by atoms with Crippen LogP contribution in [0.4, 0.5) is 0 Å². The van der Waals surface area contributed by atoms with Crippen molar-refractivity contribution >= 4 is 22.9 Å². The van der Waals surface area contributed by atoms with Gasteiger partial charge in [-0.25, -0.2) is 9.79 Å². The summed E-state index contributed by atoms with van der Waals surface area (Å²) in [6.45, 7) is 10.4. The van der Waals surface area contributed by atoms with Crippen LogP contribution in [-0.2, 0) is 16.0 Å². The lowest BCUT2D eigenvalue weighted by molar-refractivity contribution is -0.121. The fourth-order valence-electron chi connectivity index (χ4n) is 3.48. The lowest BCUT2D eigenvalue weighted by Gasteiger charge is -2.17. The smallest absolute Gasteiger partial charge is 0.234 e. The van der Waals surface area contributed by atoms with Gasteiger partial charge in [0.15, 0.2) is 0 Å². The van der Waals surface area contributed by atoms with Gasteiger partial charge in [-0.2, -0.15) is 0 Å². The highest BCUT2D eigenvalue weighted by atomic mass is 16.1. The second-order valence-corrected chi connectivity index (χ2v) is 7.67. The first-order valence-electron chi connectivity index (χ1n) is 11.0. The Labute approximate surface area is 179 Å². The summed E-state index contributed by atoms with van der Waals surface area (Å²) in [5.74, 6) is 0.308. The first kappa shape index (κ1) is 23.7. The molecule has 1 amide bonds. The van der Waals surface area contributed by atoms with Gasteiger partial charge in [0.25, 0.3) is 0 Å². The molecule has 1 atom stereocenters. The zero-order valence-corrected chi connectivity index (χ0v) is 18.5. The van der Waals surface area contributed by atoms with Gasteiger partial charge in [-0.1, -0.05) is 32.9 Å². The molecule has 6 heteroatoms. The van der Waals surface area contributed by atoms with Crippen LogP contribution in [0, 0.1) is 0 Å². The Hall–Kier alpha value is -2.56. The Morgan fingerprint density at radius 1 is 1.20 bits per heavy atom. The molecule has 0 spiro atoms. The molecule has 1 N–H and O–H groups in total. The molecular weight excluding hydrogens is 376 g/mol. The van der Waals surface area contributed by atoms with E-state index in [2.05, 4.69) is 47.3 Å². The van der Waals surface area contributed by atoms with Gasteiger partial charge in [-0.05, 0) is 56.1 Å². The molecule has 0 fully saturated rings. The van der Waals surface area contributed by atoms with Crippen LogP contribution >= 0.6 is 0 Å². The fraction of sp³-hybridized carbons (Fsp3) is 0.542. The summed E-state index contributed by atoms with van der Waals surface area (Å²) in [7, 11) is 0. The van der Waals surface area contributed by atoms with Crippen LogP contribution in [0.1, 0.15) is 57.2 Å². The molecule has 162 valence electrons. The van der Waals surface area contributed by atoms with Crippen LogP contribution in [0.15, 0.2) is 35.3 Å². The van der Waals surface area contributed by atoms with Crippen LogP contribution in [0.5, 0.6) is 0 Å². The third-order valence-corrected chi connectivity index (χ3v) is 5.50. The zero-order valence-electron chi connectivity index (χ0n) is 18.5. The van der Waals surface area contributed by atoms with Crippen LogP contribution < -0.4 is 5.32 Å². The molecule has 0 aliphatic heterocycles. The number of likely N-dealkylation sites (N-methyl/N-ethyl adjacent to an activating group) is 1. The van der Waals surface area contributed by atoms with Crippen molar-refractivity contribution in [3.05, 3.63) is 41.6 Å². The predicted octanol–water partition coefficient (Wildman–Crippen LogP) is 3.84. The number of carbonyl (C=O) groups is 1. The topological polar surface area (TPSA) is 74.7 Å². The molecule has 0 radical (unpaired) electrons. The van der Waals surface area contributed by atoms with E-state index in [1.54, 1.807) is 6.08 Å². The largest absolute Gasteiger partial charge is 0.355 e. The highest BCUT2D eigenvalue weighted by molar-refractivity contribution is 5.79. The Bertz CT molecular complexity index is 857. The second-order valence-electron chi connectivity index (χ2n) is 7.67. The number of aliphatic imine (C=N–C) groups is 1. The number of hydrogen-bond acceptors (Lipinski definition) is 5. The van der Waals surface area contributed by atoms with Crippen molar-refractivity contribution in [3.63, 3.8) is 0 Å². The number of aromatic nitrogens is 1. The summed E-state index contributed by atoms with van der Waals surface area (Å²) in [4.78, 5) is 33.0. The number of nitrogens with zero attached hydrogens (tertiary/aromatic N) is 3. The summed E-state index contributed by atoms with van der Waals surface area (Å²) in [5, 5.41) is 4.10. The molecule has 0 aliphatic carbocycles. The van der Waals surface area contributed by atoms with Gasteiger partial charge in [0.05, 0.1) is 12.1 Å². The SMILES string of the molecule is CCN(CC)CCNC(=O)CCCCc1ccc2cc(C(C)CN=C=O)ccc2n1. The average molecular weight is 411 g/mol. The van der Waals surface area contributed by atoms with E-state index in [-0.39, 0.29) is 11.8 Å². The molecule has 0 bridgehead atoms. The van der Waals surface area contributed by atoms with Crippen molar-refractivity contribution in [1.29, 1.82) is 0 Å². The maximum Gasteiger partial charge on any atom is 0.234 e. The van der Waals surface area contributed by atoms with E-state index in [0.29, 0.717) is 13.0 Å². The van der Waals surface area contributed by atoms with Crippen molar-refractivity contribution in [3.8, 4) is 0 Å². The van der Waals surface area contributed by atoms with Gasteiger partial charge in [-0.3, -0.25) is 9.78 Å². The number of amides is 1. The monoisotopic (exact) mass is 410 g/mol. The third kappa shape index (κ3) is 7.69.